The van der Waals surface area contributed by atoms with Gasteiger partial charge in [-0.1, -0.05) is 0 Å². The summed E-state index contributed by atoms with van der Waals surface area (Å²) in [6.45, 7) is 3.03. The Bertz CT molecular complexity index is 691. The minimum absolute atomic E-state index is 0.664. The maximum Gasteiger partial charge on any atom is 0.179 e. The Kier molecular flexibility index (Phi) is 2.83. The molecule has 0 atom stereocenters. The Morgan fingerprint density at radius 2 is 2.11 bits per heavy atom. The summed E-state index contributed by atoms with van der Waals surface area (Å²) in [4.78, 5) is 6.74. The first kappa shape index (κ1) is 11.6. The molecule has 0 spiro atoms. The summed E-state index contributed by atoms with van der Waals surface area (Å²) in [6.07, 6.45) is 0. The number of pyridine rings is 1. The Morgan fingerprint density at radius 3 is 2.84 bits per heavy atom. The highest BCUT2D eigenvalue weighted by Gasteiger charge is 2.05. The summed E-state index contributed by atoms with van der Waals surface area (Å²) in [7, 11) is 2.03. The van der Waals surface area contributed by atoms with Gasteiger partial charge in [-0.2, -0.15) is 0 Å². The van der Waals surface area contributed by atoms with Crippen LogP contribution in [0, 0.1) is 0 Å². The lowest BCUT2D eigenvalue weighted by Crippen LogP contribution is -2.16. The average Bonchev–Trinajstić information content (AvgIpc) is 2.99. The SMILES string of the molecule is CCN(C)c1ccc2cc(-c3nnn[nH]3)ccc2n1. The number of aromatic nitrogens is 5. The smallest absolute Gasteiger partial charge is 0.179 e. The van der Waals surface area contributed by atoms with E-state index in [1.165, 1.54) is 0 Å². The summed E-state index contributed by atoms with van der Waals surface area (Å²) in [5.74, 6) is 1.64. The van der Waals surface area contributed by atoms with Crippen LogP contribution in [0.4, 0.5) is 5.82 Å². The Hall–Kier alpha value is -2.50. The van der Waals surface area contributed by atoms with Crippen LogP contribution in [0.15, 0.2) is 30.3 Å². The van der Waals surface area contributed by atoms with Gasteiger partial charge in [-0.05, 0) is 47.7 Å². The van der Waals surface area contributed by atoms with Gasteiger partial charge in [0.05, 0.1) is 5.52 Å². The standard InChI is InChI=1S/C13H14N6/c1-3-19(2)12-7-5-9-8-10(4-6-11(9)14-12)13-15-17-18-16-13/h4-8H,3H2,1-2H3,(H,15,16,17,18). The van der Waals surface area contributed by atoms with E-state index >= 15 is 0 Å². The van der Waals surface area contributed by atoms with Crippen LogP contribution in [0.25, 0.3) is 22.3 Å². The molecule has 2 aromatic heterocycles. The Morgan fingerprint density at radius 1 is 1.21 bits per heavy atom. The van der Waals surface area contributed by atoms with E-state index in [0.717, 1.165) is 28.8 Å². The van der Waals surface area contributed by atoms with Crippen molar-refractivity contribution in [1.29, 1.82) is 0 Å². The summed E-state index contributed by atoms with van der Waals surface area (Å²) >= 11 is 0. The molecular weight excluding hydrogens is 240 g/mol. The third kappa shape index (κ3) is 2.12. The zero-order valence-electron chi connectivity index (χ0n) is 10.8. The first-order valence-corrected chi connectivity index (χ1v) is 6.14. The predicted octanol–water partition coefficient (Wildman–Crippen LogP) is 1.87. The van der Waals surface area contributed by atoms with Gasteiger partial charge in [-0.3, -0.25) is 0 Å². The number of benzene rings is 1. The molecular formula is C13H14N6. The molecule has 0 aliphatic carbocycles. The third-order valence-electron chi connectivity index (χ3n) is 3.16. The van der Waals surface area contributed by atoms with Gasteiger partial charge in [0.15, 0.2) is 5.82 Å². The number of aromatic amines is 1. The van der Waals surface area contributed by atoms with E-state index in [0.29, 0.717) is 5.82 Å². The van der Waals surface area contributed by atoms with Crippen LogP contribution in [-0.4, -0.2) is 39.2 Å². The van der Waals surface area contributed by atoms with Gasteiger partial charge in [0.25, 0.3) is 0 Å². The first-order valence-electron chi connectivity index (χ1n) is 6.14. The molecule has 1 N–H and O–H groups in total. The fraction of sp³-hybridized carbons (Fsp3) is 0.231. The largest absolute Gasteiger partial charge is 0.360 e. The Balaban J connectivity index is 2.06. The molecule has 19 heavy (non-hydrogen) atoms. The van der Waals surface area contributed by atoms with Crippen LogP contribution >= 0.6 is 0 Å². The van der Waals surface area contributed by atoms with Crippen LogP contribution in [0.3, 0.4) is 0 Å². The second-order valence-electron chi connectivity index (χ2n) is 4.34. The third-order valence-corrected chi connectivity index (χ3v) is 3.16. The molecule has 0 aliphatic heterocycles. The number of H-pyrrole nitrogens is 1. The first-order chi connectivity index (χ1) is 9.28. The molecule has 0 saturated carbocycles. The lowest BCUT2D eigenvalue weighted by Gasteiger charge is -2.15. The zero-order chi connectivity index (χ0) is 13.2. The average molecular weight is 254 g/mol. The number of anilines is 1. The fourth-order valence-electron chi connectivity index (χ4n) is 1.92. The molecule has 0 bridgehead atoms. The monoisotopic (exact) mass is 254 g/mol. The second-order valence-corrected chi connectivity index (χ2v) is 4.34. The van der Waals surface area contributed by atoms with Crippen molar-refractivity contribution in [2.75, 3.05) is 18.5 Å². The molecule has 0 radical (unpaired) electrons. The second kappa shape index (κ2) is 4.64. The molecule has 0 fully saturated rings. The molecule has 1 aromatic carbocycles. The number of nitrogens with zero attached hydrogens (tertiary/aromatic N) is 5. The van der Waals surface area contributed by atoms with Gasteiger partial charge in [-0.25, -0.2) is 10.1 Å². The van der Waals surface area contributed by atoms with E-state index in [2.05, 4.69) is 43.5 Å². The minimum atomic E-state index is 0.664. The van der Waals surface area contributed by atoms with Crippen LogP contribution in [0.2, 0.25) is 0 Å². The topological polar surface area (TPSA) is 70.6 Å². The minimum Gasteiger partial charge on any atom is -0.360 e. The van der Waals surface area contributed by atoms with Crippen LogP contribution < -0.4 is 4.90 Å². The quantitative estimate of drug-likeness (QED) is 0.772. The zero-order valence-corrected chi connectivity index (χ0v) is 10.8. The van der Waals surface area contributed by atoms with E-state index in [1.54, 1.807) is 0 Å². The number of hydrogen-bond donors (Lipinski definition) is 1. The van der Waals surface area contributed by atoms with E-state index in [9.17, 15) is 0 Å². The van der Waals surface area contributed by atoms with Gasteiger partial charge in [-0.15, -0.1) is 5.10 Å². The summed E-state index contributed by atoms with van der Waals surface area (Å²) in [5.41, 5.74) is 1.92. The maximum absolute atomic E-state index is 4.63. The van der Waals surface area contributed by atoms with Crippen LogP contribution in [0.5, 0.6) is 0 Å². The van der Waals surface area contributed by atoms with Crippen molar-refractivity contribution >= 4 is 16.7 Å². The number of rotatable bonds is 3. The van der Waals surface area contributed by atoms with Gasteiger partial charge < -0.3 is 4.90 Å². The molecule has 6 nitrogen and oxygen atoms in total. The van der Waals surface area contributed by atoms with E-state index in [1.807, 2.05) is 31.3 Å². The molecule has 0 amide bonds. The van der Waals surface area contributed by atoms with Crippen molar-refractivity contribution in [3.05, 3.63) is 30.3 Å². The molecule has 3 rings (SSSR count). The molecule has 3 aromatic rings. The molecule has 0 saturated heterocycles. The van der Waals surface area contributed by atoms with E-state index < -0.39 is 0 Å². The Labute approximate surface area is 110 Å². The van der Waals surface area contributed by atoms with Gasteiger partial charge in [0, 0.05) is 24.5 Å². The number of tetrazole rings is 1. The number of nitrogens with one attached hydrogen (secondary N) is 1. The summed E-state index contributed by atoms with van der Waals surface area (Å²) in [6, 6.07) is 10.1. The highest BCUT2D eigenvalue weighted by atomic mass is 15.5. The molecule has 96 valence electrons. The van der Waals surface area contributed by atoms with Crippen molar-refractivity contribution in [1.82, 2.24) is 25.6 Å². The van der Waals surface area contributed by atoms with Crippen molar-refractivity contribution in [3.8, 4) is 11.4 Å². The highest BCUT2D eigenvalue weighted by molar-refractivity contribution is 5.84. The number of fused-ring (bicyclic) bond motifs is 1. The molecule has 2 heterocycles. The van der Waals surface area contributed by atoms with Crippen molar-refractivity contribution in [3.63, 3.8) is 0 Å². The van der Waals surface area contributed by atoms with Crippen molar-refractivity contribution in [2.45, 2.75) is 6.92 Å². The van der Waals surface area contributed by atoms with Crippen molar-refractivity contribution in [2.24, 2.45) is 0 Å². The van der Waals surface area contributed by atoms with Gasteiger partial charge in [0.2, 0.25) is 0 Å². The fourth-order valence-corrected chi connectivity index (χ4v) is 1.92. The lowest BCUT2D eigenvalue weighted by molar-refractivity contribution is 0.881. The van der Waals surface area contributed by atoms with Crippen molar-refractivity contribution < 1.29 is 0 Å². The van der Waals surface area contributed by atoms with Crippen LogP contribution in [-0.2, 0) is 0 Å². The molecule has 0 aliphatic rings. The maximum atomic E-state index is 4.63. The summed E-state index contributed by atoms with van der Waals surface area (Å²) < 4.78 is 0. The predicted molar refractivity (Wildman–Crippen MR) is 73.9 cm³/mol. The number of hydrogen-bond acceptors (Lipinski definition) is 5. The lowest BCUT2D eigenvalue weighted by atomic mass is 10.1. The van der Waals surface area contributed by atoms with Gasteiger partial charge in [0.1, 0.15) is 5.82 Å². The van der Waals surface area contributed by atoms with E-state index in [-0.39, 0.29) is 0 Å². The van der Waals surface area contributed by atoms with Crippen LogP contribution in [0.1, 0.15) is 6.92 Å². The molecule has 6 heteroatoms. The highest BCUT2D eigenvalue weighted by Crippen LogP contribution is 2.22. The molecule has 0 unspecified atom stereocenters. The summed E-state index contributed by atoms with van der Waals surface area (Å²) in [5, 5.41) is 14.9. The normalized spacial score (nSPS) is 10.8. The van der Waals surface area contributed by atoms with E-state index in [4.69, 9.17) is 0 Å². The van der Waals surface area contributed by atoms with Gasteiger partial charge >= 0.3 is 0 Å².